The minimum Gasteiger partial charge on any atom is -0.493 e. The van der Waals surface area contributed by atoms with E-state index < -0.39 is 0 Å². The first-order valence-corrected chi connectivity index (χ1v) is 9.36. The highest BCUT2D eigenvalue weighted by Crippen LogP contribution is 2.43. The van der Waals surface area contributed by atoms with Crippen LogP contribution in [0.3, 0.4) is 0 Å². The minimum absolute atomic E-state index is 0.0468. The summed E-state index contributed by atoms with van der Waals surface area (Å²) in [5.41, 5.74) is 12.4. The number of anilines is 2. The maximum Gasteiger partial charge on any atom is 0.162 e. The molecule has 0 saturated carbocycles. The minimum atomic E-state index is 0.0468. The summed E-state index contributed by atoms with van der Waals surface area (Å²) in [6.07, 6.45) is 0.913. The number of ether oxygens (including phenoxy) is 2. The molecule has 1 atom stereocenters. The monoisotopic (exact) mass is 367 g/mol. The molecule has 0 amide bonds. The van der Waals surface area contributed by atoms with Crippen LogP contribution in [-0.2, 0) is 6.42 Å². The fourth-order valence-corrected chi connectivity index (χ4v) is 4.50. The Kier molecular flexibility index (Phi) is 4.42. The Hall–Kier alpha value is -2.73. The summed E-state index contributed by atoms with van der Waals surface area (Å²) in [5.74, 6) is 1.45. The Balaban J connectivity index is 1.84. The zero-order valence-electron chi connectivity index (χ0n) is 14.8. The number of para-hydroxylation sites is 1. The third-order valence-electron chi connectivity index (χ3n) is 4.81. The molecular formula is C20H21N3O2S. The molecule has 3 aromatic rings. The van der Waals surface area contributed by atoms with Gasteiger partial charge >= 0.3 is 0 Å². The van der Waals surface area contributed by atoms with Gasteiger partial charge in [0, 0.05) is 36.0 Å². The first kappa shape index (κ1) is 16.7. The van der Waals surface area contributed by atoms with Gasteiger partial charge in [0.25, 0.3) is 0 Å². The molecule has 0 bridgehead atoms. The van der Waals surface area contributed by atoms with E-state index in [0.29, 0.717) is 0 Å². The summed E-state index contributed by atoms with van der Waals surface area (Å²) in [4.78, 5) is 8.18. The number of fused-ring (bicyclic) bond motifs is 1. The van der Waals surface area contributed by atoms with Crippen LogP contribution < -0.4 is 20.1 Å². The van der Waals surface area contributed by atoms with E-state index in [9.17, 15) is 0 Å². The molecule has 0 aliphatic carbocycles. The molecule has 2 heterocycles. The van der Waals surface area contributed by atoms with E-state index >= 15 is 0 Å². The van der Waals surface area contributed by atoms with Crippen molar-refractivity contribution in [3.8, 4) is 11.5 Å². The van der Waals surface area contributed by atoms with Gasteiger partial charge < -0.3 is 20.1 Å². The fraction of sp³-hybridized carbons (Fsp3) is 0.250. The molecule has 1 aromatic heterocycles. The number of hydrogen-bond donors (Lipinski definition) is 1. The zero-order chi connectivity index (χ0) is 18.1. The predicted molar refractivity (Wildman–Crippen MR) is 105 cm³/mol. The van der Waals surface area contributed by atoms with Crippen LogP contribution >= 0.6 is 11.3 Å². The van der Waals surface area contributed by atoms with E-state index in [1.165, 1.54) is 10.6 Å². The maximum atomic E-state index is 6.33. The number of nitrogens with zero attached hydrogens (tertiary/aromatic N) is 2. The molecule has 0 radical (unpaired) electrons. The van der Waals surface area contributed by atoms with E-state index in [2.05, 4.69) is 22.0 Å². The van der Waals surface area contributed by atoms with Crippen LogP contribution in [0.25, 0.3) is 0 Å². The smallest absolute Gasteiger partial charge is 0.162 e. The van der Waals surface area contributed by atoms with Gasteiger partial charge in [-0.1, -0.05) is 18.2 Å². The van der Waals surface area contributed by atoms with Crippen molar-refractivity contribution in [3.63, 3.8) is 0 Å². The summed E-state index contributed by atoms with van der Waals surface area (Å²) in [6, 6.07) is 14.1. The van der Waals surface area contributed by atoms with Crippen LogP contribution in [0, 0.1) is 0 Å². The summed E-state index contributed by atoms with van der Waals surface area (Å²) < 4.78 is 10.9. The van der Waals surface area contributed by atoms with Crippen LogP contribution in [0.5, 0.6) is 11.5 Å². The predicted octanol–water partition coefficient (Wildman–Crippen LogP) is 3.89. The number of aromatic nitrogens is 1. The van der Waals surface area contributed by atoms with E-state index in [1.54, 1.807) is 25.6 Å². The molecule has 1 unspecified atom stereocenters. The number of thiazole rings is 1. The standard InChI is InChI=1S/C20H21N3O2S/c1-24-17-8-7-13(11-18(17)25-2)23-10-9-16-20(26-12-22-16)19(23)14-5-3-4-6-15(14)21/h3-8,11-12,19H,9-10,21H2,1-2H3. The average molecular weight is 367 g/mol. The number of methoxy groups -OCH3 is 2. The van der Waals surface area contributed by atoms with Crippen LogP contribution in [0.4, 0.5) is 11.4 Å². The van der Waals surface area contributed by atoms with Crippen molar-refractivity contribution in [2.75, 3.05) is 31.4 Å². The summed E-state index contributed by atoms with van der Waals surface area (Å²) >= 11 is 1.69. The second-order valence-electron chi connectivity index (χ2n) is 6.18. The van der Waals surface area contributed by atoms with Gasteiger partial charge in [-0.3, -0.25) is 0 Å². The summed E-state index contributed by atoms with van der Waals surface area (Å²) in [5, 5.41) is 0. The van der Waals surface area contributed by atoms with Gasteiger partial charge in [0.2, 0.25) is 0 Å². The lowest BCUT2D eigenvalue weighted by molar-refractivity contribution is 0.355. The summed E-state index contributed by atoms with van der Waals surface area (Å²) in [6.45, 7) is 0.866. The molecule has 0 fully saturated rings. The molecule has 26 heavy (non-hydrogen) atoms. The zero-order valence-corrected chi connectivity index (χ0v) is 15.6. The SMILES string of the molecule is COc1ccc(N2CCc3ncsc3C2c2ccccc2N)cc1OC. The highest BCUT2D eigenvalue weighted by Gasteiger charge is 2.32. The first-order valence-electron chi connectivity index (χ1n) is 8.48. The lowest BCUT2D eigenvalue weighted by atomic mass is 9.95. The van der Waals surface area contributed by atoms with E-state index in [4.69, 9.17) is 15.2 Å². The van der Waals surface area contributed by atoms with Crippen LogP contribution in [0.1, 0.15) is 22.2 Å². The molecule has 0 spiro atoms. The Morgan fingerprint density at radius 2 is 1.92 bits per heavy atom. The normalized spacial score (nSPS) is 16.2. The quantitative estimate of drug-likeness (QED) is 0.709. The van der Waals surface area contributed by atoms with Crippen molar-refractivity contribution >= 4 is 22.7 Å². The third kappa shape index (κ3) is 2.76. The molecule has 5 nitrogen and oxygen atoms in total. The van der Waals surface area contributed by atoms with E-state index in [0.717, 1.165) is 41.4 Å². The molecule has 6 heteroatoms. The summed E-state index contributed by atoms with van der Waals surface area (Å²) in [7, 11) is 3.31. The lowest BCUT2D eigenvalue weighted by Gasteiger charge is -2.38. The molecular weight excluding hydrogens is 346 g/mol. The average Bonchev–Trinajstić information content (AvgIpc) is 3.16. The fourth-order valence-electron chi connectivity index (χ4n) is 3.54. The lowest BCUT2D eigenvalue weighted by Crippen LogP contribution is -2.36. The van der Waals surface area contributed by atoms with Crippen LogP contribution in [0.2, 0.25) is 0 Å². The number of nitrogen functional groups attached to an aromatic ring is 1. The highest BCUT2D eigenvalue weighted by molar-refractivity contribution is 7.09. The third-order valence-corrected chi connectivity index (χ3v) is 5.74. The molecule has 4 rings (SSSR count). The number of rotatable bonds is 4. The Labute approximate surface area is 157 Å². The Morgan fingerprint density at radius 1 is 1.12 bits per heavy atom. The second kappa shape index (κ2) is 6.88. The van der Waals surface area contributed by atoms with Crippen LogP contribution in [-0.4, -0.2) is 25.7 Å². The molecule has 1 aliphatic heterocycles. The topological polar surface area (TPSA) is 60.6 Å². The van der Waals surface area contributed by atoms with Gasteiger partial charge in [-0.2, -0.15) is 0 Å². The van der Waals surface area contributed by atoms with Gasteiger partial charge in [-0.05, 0) is 18.2 Å². The molecule has 2 aromatic carbocycles. The van der Waals surface area contributed by atoms with Crippen molar-refractivity contribution < 1.29 is 9.47 Å². The van der Waals surface area contributed by atoms with E-state index in [1.807, 2.05) is 35.8 Å². The second-order valence-corrected chi connectivity index (χ2v) is 7.06. The largest absolute Gasteiger partial charge is 0.493 e. The van der Waals surface area contributed by atoms with Crippen LogP contribution in [0.15, 0.2) is 48.0 Å². The molecule has 2 N–H and O–H groups in total. The number of nitrogens with two attached hydrogens (primary N) is 1. The number of hydrogen-bond acceptors (Lipinski definition) is 6. The Morgan fingerprint density at radius 3 is 2.69 bits per heavy atom. The van der Waals surface area contributed by atoms with Crippen molar-refractivity contribution in [3.05, 3.63) is 64.1 Å². The van der Waals surface area contributed by atoms with Gasteiger partial charge in [-0.15, -0.1) is 11.3 Å². The molecule has 1 aliphatic rings. The van der Waals surface area contributed by atoms with Crippen molar-refractivity contribution in [2.24, 2.45) is 0 Å². The van der Waals surface area contributed by atoms with Gasteiger partial charge in [0.15, 0.2) is 11.5 Å². The molecule has 134 valence electrons. The van der Waals surface area contributed by atoms with Gasteiger partial charge in [-0.25, -0.2) is 4.98 Å². The first-order chi connectivity index (χ1) is 12.7. The van der Waals surface area contributed by atoms with Crippen molar-refractivity contribution in [1.82, 2.24) is 4.98 Å². The Bertz CT molecular complexity index is 925. The van der Waals surface area contributed by atoms with E-state index in [-0.39, 0.29) is 6.04 Å². The maximum absolute atomic E-state index is 6.33. The highest BCUT2D eigenvalue weighted by atomic mass is 32.1. The van der Waals surface area contributed by atoms with Crippen molar-refractivity contribution in [1.29, 1.82) is 0 Å². The molecule has 0 saturated heterocycles. The van der Waals surface area contributed by atoms with Gasteiger partial charge in [0.1, 0.15) is 0 Å². The number of benzene rings is 2. The van der Waals surface area contributed by atoms with Crippen molar-refractivity contribution in [2.45, 2.75) is 12.5 Å². The van der Waals surface area contributed by atoms with Gasteiger partial charge in [0.05, 0.1) is 36.3 Å².